The number of fused-ring (bicyclic) bond motifs is 1. The molecule has 186 valence electrons. The number of hydrogen-bond acceptors (Lipinski definition) is 5. The van der Waals surface area contributed by atoms with Crippen molar-refractivity contribution in [3.05, 3.63) is 69.2 Å². The highest BCUT2D eigenvalue weighted by Crippen LogP contribution is 2.41. The zero-order valence-electron chi connectivity index (χ0n) is 20.8. The molecule has 3 heterocycles. The van der Waals surface area contributed by atoms with Crippen molar-refractivity contribution in [3.8, 4) is 0 Å². The fourth-order valence-electron chi connectivity index (χ4n) is 6.16. The number of allylic oxidation sites excluding steroid dienone is 8. The Labute approximate surface area is 214 Å². The van der Waals surface area contributed by atoms with E-state index in [1.54, 1.807) is 6.08 Å². The Morgan fingerprint density at radius 1 is 1.03 bits per heavy atom. The van der Waals surface area contributed by atoms with Crippen molar-refractivity contribution >= 4 is 17.8 Å². The number of halogens is 1. The molecular formula is C29H37ClN4O. The van der Waals surface area contributed by atoms with Crippen molar-refractivity contribution < 1.29 is 5.11 Å². The zero-order chi connectivity index (χ0) is 23.9. The molecule has 5 nitrogen and oxygen atoms in total. The van der Waals surface area contributed by atoms with E-state index in [1.165, 1.54) is 74.3 Å². The highest BCUT2D eigenvalue weighted by Gasteiger charge is 2.34. The largest absolute Gasteiger partial charge is 0.507 e. The van der Waals surface area contributed by atoms with Gasteiger partial charge >= 0.3 is 0 Å². The number of nitrogens with zero attached hydrogens (tertiary/aromatic N) is 4. The number of likely N-dealkylation sites (N-methyl/N-ethyl adjacent to an activating group) is 1. The number of hydrogen-bond donors (Lipinski definition) is 1. The summed E-state index contributed by atoms with van der Waals surface area (Å²) >= 11 is 6.26. The monoisotopic (exact) mass is 492 g/mol. The predicted molar refractivity (Wildman–Crippen MR) is 144 cm³/mol. The summed E-state index contributed by atoms with van der Waals surface area (Å²) in [5.74, 6) is 1.01. The summed E-state index contributed by atoms with van der Waals surface area (Å²) in [5, 5.41) is 10.3. The van der Waals surface area contributed by atoms with Gasteiger partial charge in [0.1, 0.15) is 5.76 Å². The summed E-state index contributed by atoms with van der Waals surface area (Å²) in [5.41, 5.74) is 6.56. The van der Waals surface area contributed by atoms with Gasteiger partial charge in [-0.05, 0) is 86.4 Å². The summed E-state index contributed by atoms with van der Waals surface area (Å²) in [6.45, 7) is 7.04. The Morgan fingerprint density at radius 3 is 2.51 bits per heavy atom. The third kappa shape index (κ3) is 4.96. The number of likely N-dealkylation sites (tertiary alicyclic amines) is 1. The number of piperidine rings is 1. The molecule has 0 spiro atoms. The SMILES string of the molecule is CN1CCN(C2CCN(C3=C(CC4CC4)C=NC4C=CC(=C5C=C(Cl)C(O)=CC5)C=C34)CC2)CC1. The molecule has 0 aromatic carbocycles. The minimum atomic E-state index is 0.0969. The third-order valence-electron chi connectivity index (χ3n) is 8.53. The van der Waals surface area contributed by atoms with Crippen molar-refractivity contribution in [2.24, 2.45) is 10.9 Å². The Bertz CT molecular complexity index is 1070. The molecule has 2 saturated heterocycles. The van der Waals surface area contributed by atoms with Gasteiger partial charge in [-0.1, -0.05) is 23.8 Å². The molecule has 6 aliphatic rings. The third-order valence-corrected chi connectivity index (χ3v) is 8.83. The molecule has 3 aliphatic heterocycles. The van der Waals surface area contributed by atoms with Crippen LogP contribution in [0.1, 0.15) is 38.5 Å². The fourth-order valence-corrected chi connectivity index (χ4v) is 6.36. The quantitative estimate of drug-likeness (QED) is 0.602. The van der Waals surface area contributed by atoms with Crippen LogP contribution in [0.4, 0.5) is 0 Å². The summed E-state index contributed by atoms with van der Waals surface area (Å²) in [6.07, 6.45) is 19.7. The minimum absolute atomic E-state index is 0.0969. The van der Waals surface area contributed by atoms with Crippen molar-refractivity contribution in [1.82, 2.24) is 14.7 Å². The van der Waals surface area contributed by atoms with E-state index in [-0.39, 0.29) is 11.8 Å². The highest BCUT2D eigenvalue weighted by molar-refractivity contribution is 6.32. The molecule has 0 bridgehead atoms. The van der Waals surface area contributed by atoms with Crippen LogP contribution in [0.5, 0.6) is 0 Å². The molecule has 1 atom stereocenters. The van der Waals surface area contributed by atoms with Crippen LogP contribution in [0.25, 0.3) is 0 Å². The molecule has 0 aromatic rings. The number of piperazine rings is 1. The molecule has 1 unspecified atom stereocenters. The first-order valence-electron chi connectivity index (χ1n) is 13.4. The normalized spacial score (nSPS) is 30.9. The van der Waals surface area contributed by atoms with Gasteiger partial charge in [-0.3, -0.25) is 9.89 Å². The Balaban J connectivity index is 1.27. The van der Waals surface area contributed by atoms with Crippen LogP contribution in [0.15, 0.2) is 74.2 Å². The van der Waals surface area contributed by atoms with E-state index in [2.05, 4.69) is 46.2 Å². The summed E-state index contributed by atoms with van der Waals surface area (Å²) < 4.78 is 0. The second-order valence-corrected chi connectivity index (χ2v) is 11.4. The van der Waals surface area contributed by atoms with Gasteiger partial charge in [0.05, 0.1) is 11.1 Å². The maximum atomic E-state index is 9.91. The van der Waals surface area contributed by atoms with Crippen LogP contribution >= 0.6 is 11.6 Å². The van der Waals surface area contributed by atoms with Crippen LogP contribution in [-0.4, -0.2) is 84.4 Å². The Morgan fingerprint density at radius 2 is 1.80 bits per heavy atom. The summed E-state index contributed by atoms with van der Waals surface area (Å²) in [6, 6.07) is 0.812. The van der Waals surface area contributed by atoms with Gasteiger partial charge in [0.25, 0.3) is 0 Å². The maximum Gasteiger partial charge on any atom is 0.130 e. The van der Waals surface area contributed by atoms with Gasteiger partial charge in [0, 0.05) is 62.8 Å². The lowest BCUT2D eigenvalue weighted by molar-refractivity contribution is 0.0759. The fraction of sp³-hybridized carbons (Fsp3) is 0.552. The first-order valence-corrected chi connectivity index (χ1v) is 13.8. The van der Waals surface area contributed by atoms with E-state index >= 15 is 0 Å². The van der Waals surface area contributed by atoms with E-state index in [4.69, 9.17) is 16.6 Å². The molecule has 1 N–H and O–H groups in total. The molecule has 0 radical (unpaired) electrons. The van der Waals surface area contributed by atoms with Gasteiger partial charge in [-0.15, -0.1) is 0 Å². The van der Waals surface area contributed by atoms with Gasteiger partial charge in [0.2, 0.25) is 0 Å². The van der Waals surface area contributed by atoms with Crippen LogP contribution in [0, 0.1) is 5.92 Å². The average Bonchev–Trinajstić information content (AvgIpc) is 3.70. The van der Waals surface area contributed by atoms with E-state index in [1.807, 2.05) is 6.08 Å². The van der Waals surface area contributed by atoms with E-state index < -0.39 is 0 Å². The molecular weight excluding hydrogens is 456 g/mol. The smallest absolute Gasteiger partial charge is 0.130 e. The number of aliphatic hydroxyl groups excluding tert-OH is 1. The topological polar surface area (TPSA) is 42.3 Å². The predicted octanol–water partition coefficient (Wildman–Crippen LogP) is 4.97. The van der Waals surface area contributed by atoms with Crippen molar-refractivity contribution in [1.29, 1.82) is 0 Å². The van der Waals surface area contributed by atoms with Crippen molar-refractivity contribution in [2.45, 2.75) is 50.6 Å². The van der Waals surface area contributed by atoms with E-state index in [0.29, 0.717) is 17.5 Å². The number of aliphatic hydroxyl groups is 1. The molecule has 0 aromatic heterocycles. The van der Waals surface area contributed by atoms with E-state index in [9.17, 15) is 5.11 Å². The zero-order valence-corrected chi connectivity index (χ0v) is 21.6. The number of dihydropyridines is 1. The van der Waals surface area contributed by atoms with Crippen LogP contribution in [-0.2, 0) is 0 Å². The standard InChI is InChI=1S/C29H37ClN4O/c1-32-12-14-33(15-13-32)24-8-10-34(11-9-24)29-23(16-20-2-3-20)19-31-27-6-4-21(17-25(27)29)22-5-7-28(35)26(30)18-22/h4,6-7,17-20,24,27,35H,2-3,5,8-16H2,1H3. The van der Waals surface area contributed by atoms with E-state index in [0.717, 1.165) is 31.0 Å². The first kappa shape index (κ1) is 23.3. The number of rotatable bonds is 4. The lowest BCUT2D eigenvalue weighted by Crippen LogP contribution is -2.52. The van der Waals surface area contributed by atoms with Crippen molar-refractivity contribution in [3.63, 3.8) is 0 Å². The molecule has 1 saturated carbocycles. The second-order valence-electron chi connectivity index (χ2n) is 11.0. The highest BCUT2D eigenvalue weighted by atomic mass is 35.5. The van der Waals surface area contributed by atoms with Gasteiger partial charge in [-0.25, -0.2) is 0 Å². The Kier molecular flexibility index (Phi) is 6.50. The lowest BCUT2D eigenvalue weighted by atomic mass is 9.85. The van der Waals surface area contributed by atoms with Crippen LogP contribution < -0.4 is 0 Å². The number of aliphatic imine (C=N–C) groups is 1. The molecule has 6 heteroatoms. The molecule has 3 fully saturated rings. The minimum Gasteiger partial charge on any atom is -0.507 e. The summed E-state index contributed by atoms with van der Waals surface area (Å²) in [4.78, 5) is 12.8. The van der Waals surface area contributed by atoms with Crippen molar-refractivity contribution in [2.75, 3.05) is 46.3 Å². The first-order chi connectivity index (χ1) is 17.0. The molecule has 3 aliphatic carbocycles. The Hall–Kier alpha value is -2.08. The van der Waals surface area contributed by atoms with Gasteiger partial charge < -0.3 is 14.9 Å². The molecule has 0 amide bonds. The van der Waals surface area contributed by atoms with Crippen LogP contribution in [0.2, 0.25) is 0 Å². The average molecular weight is 493 g/mol. The van der Waals surface area contributed by atoms with Crippen LogP contribution in [0.3, 0.4) is 0 Å². The lowest BCUT2D eigenvalue weighted by Gasteiger charge is -2.44. The van der Waals surface area contributed by atoms with Gasteiger partial charge in [-0.2, -0.15) is 0 Å². The molecule has 35 heavy (non-hydrogen) atoms. The summed E-state index contributed by atoms with van der Waals surface area (Å²) in [7, 11) is 2.24. The second kappa shape index (κ2) is 9.76. The molecule has 6 rings (SSSR count). The maximum absolute atomic E-state index is 9.91. The van der Waals surface area contributed by atoms with Gasteiger partial charge in [0.15, 0.2) is 0 Å².